The topological polar surface area (TPSA) is 38.3 Å². The second-order valence-electron chi connectivity index (χ2n) is 2.65. The molecule has 76 valence electrons. The number of amides is 1. The Morgan fingerprint density at radius 1 is 1.57 bits per heavy atom. The van der Waals surface area contributed by atoms with E-state index in [0.717, 1.165) is 4.47 Å². The van der Waals surface area contributed by atoms with Crippen LogP contribution >= 0.6 is 27.5 Å². The number of rotatable bonds is 2. The number of carbonyl (C=O) groups is 1. The third kappa shape index (κ3) is 2.62. The first-order valence-electron chi connectivity index (χ1n) is 3.85. The van der Waals surface area contributed by atoms with E-state index in [1.165, 1.54) is 14.0 Å². The summed E-state index contributed by atoms with van der Waals surface area (Å²) in [6.45, 7) is 1.44. The maximum Gasteiger partial charge on any atom is 0.221 e. The minimum atomic E-state index is -0.146. The summed E-state index contributed by atoms with van der Waals surface area (Å²) in [5.74, 6) is 0.416. The van der Waals surface area contributed by atoms with Gasteiger partial charge in [-0.3, -0.25) is 4.79 Å². The summed E-state index contributed by atoms with van der Waals surface area (Å²) in [6.07, 6.45) is 0. The van der Waals surface area contributed by atoms with E-state index in [-0.39, 0.29) is 5.91 Å². The largest absolute Gasteiger partial charge is 0.495 e. The van der Waals surface area contributed by atoms with Crippen LogP contribution in [-0.2, 0) is 4.79 Å². The van der Waals surface area contributed by atoms with Gasteiger partial charge in [-0.2, -0.15) is 0 Å². The Labute approximate surface area is 95.5 Å². The van der Waals surface area contributed by atoms with Gasteiger partial charge >= 0.3 is 0 Å². The van der Waals surface area contributed by atoms with Gasteiger partial charge in [0.1, 0.15) is 5.75 Å². The molecule has 0 radical (unpaired) electrons. The summed E-state index contributed by atoms with van der Waals surface area (Å²) in [4.78, 5) is 10.8. The Balaban J connectivity index is 3.08. The molecule has 0 atom stereocenters. The summed E-state index contributed by atoms with van der Waals surface area (Å²) in [5, 5.41) is 3.10. The molecule has 14 heavy (non-hydrogen) atoms. The van der Waals surface area contributed by atoms with Crippen LogP contribution in [0.4, 0.5) is 5.69 Å². The Hall–Kier alpha value is -0.740. The molecule has 1 aromatic rings. The quantitative estimate of drug-likeness (QED) is 0.903. The number of methoxy groups -OCH3 is 1. The number of halogens is 2. The average Bonchev–Trinajstić information content (AvgIpc) is 2.10. The van der Waals surface area contributed by atoms with Crippen molar-refractivity contribution in [2.24, 2.45) is 0 Å². The Morgan fingerprint density at radius 3 is 2.71 bits per heavy atom. The minimum absolute atomic E-state index is 0.146. The fraction of sp³-hybridized carbons (Fsp3) is 0.222. The summed E-state index contributed by atoms with van der Waals surface area (Å²) in [5.41, 5.74) is 0.628. The van der Waals surface area contributed by atoms with Crippen molar-refractivity contribution in [3.63, 3.8) is 0 Å². The summed E-state index contributed by atoms with van der Waals surface area (Å²) in [7, 11) is 1.53. The van der Waals surface area contributed by atoms with Gasteiger partial charge in [-0.15, -0.1) is 0 Å². The molecule has 0 fully saturated rings. The molecule has 3 nitrogen and oxygen atoms in total. The summed E-state index contributed by atoms with van der Waals surface area (Å²) < 4.78 is 5.74. The zero-order valence-electron chi connectivity index (χ0n) is 7.73. The van der Waals surface area contributed by atoms with E-state index in [9.17, 15) is 4.79 Å². The Bertz CT molecular complexity index is 368. The highest BCUT2D eigenvalue weighted by atomic mass is 79.9. The fourth-order valence-corrected chi connectivity index (χ4v) is 1.63. The highest BCUT2D eigenvalue weighted by Gasteiger charge is 2.07. The maximum absolute atomic E-state index is 10.8. The van der Waals surface area contributed by atoms with Gasteiger partial charge in [-0.1, -0.05) is 11.6 Å². The Morgan fingerprint density at radius 2 is 2.21 bits per heavy atom. The lowest BCUT2D eigenvalue weighted by molar-refractivity contribution is -0.114. The van der Waals surface area contributed by atoms with Crippen LogP contribution in [0.3, 0.4) is 0 Å². The third-order valence-corrected chi connectivity index (χ3v) is 2.50. The molecule has 0 aliphatic rings. The van der Waals surface area contributed by atoms with E-state index < -0.39 is 0 Å². The molecule has 0 spiro atoms. The molecule has 0 unspecified atom stereocenters. The predicted octanol–water partition coefficient (Wildman–Crippen LogP) is 3.07. The molecule has 0 saturated heterocycles. The van der Waals surface area contributed by atoms with Gasteiger partial charge in [-0.05, 0) is 28.1 Å². The summed E-state index contributed by atoms with van der Waals surface area (Å²) in [6, 6.07) is 3.33. The van der Waals surface area contributed by atoms with Gasteiger partial charge in [0.05, 0.1) is 17.8 Å². The molecule has 1 aromatic carbocycles. The predicted molar refractivity (Wildman–Crippen MR) is 60.0 cm³/mol. The molecular weight excluding hydrogens is 269 g/mol. The Kier molecular flexibility index (Phi) is 3.77. The number of hydrogen-bond donors (Lipinski definition) is 1. The third-order valence-electron chi connectivity index (χ3n) is 1.55. The fourth-order valence-electron chi connectivity index (χ4n) is 0.970. The first kappa shape index (κ1) is 11.3. The number of benzene rings is 1. The number of anilines is 1. The highest BCUT2D eigenvalue weighted by Crippen LogP contribution is 2.34. The lowest BCUT2D eigenvalue weighted by Gasteiger charge is -2.08. The van der Waals surface area contributed by atoms with Crippen molar-refractivity contribution < 1.29 is 9.53 Å². The molecule has 1 rings (SSSR count). The van der Waals surface area contributed by atoms with Crippen molar-refractivity contribution in [3.8, 4) is 5.75 Å². The molecule has 0 aliphatic heterocycles. The summed E-state index contributed by atoms with van der Waals surface area (Å²) >= 11 is 9.19. The normalized spacial score (nSPS) is 9.71. The van der Waals surface area contributed by atoms with Crippen LogP contribution in [0.15, 0.2) is 16.6 Å². The maximum atomic E-state index is 10.8. The first-order chi connectivity index (χ1) is 6.54. The minimum Gasteiger partial charge on any atom is -0.495 e. The average molecular weight is 279 g/mol. The van der Waals surface area contributed by atoms with Gasteiger partial charge < -0.3 is 10.1 Å². The first-order valence-corrected chi connectivity index (χ1v) is 5.02. The van der Waals surface area contributed by atoms with Crippen LogP contribution in [0.1, 0.15) is 6.92 Å². The standard InChI is InChI=1S/C9H9BrClNO2/c1-5(13)12-8-4-7(11)9(14-2)3-6(8)10/h3-4H,1-2H3,(H,12,13). The molecule has 0 aromatic heterocycles. The van der Waals surface area contributed by atoms with Gasteiger partial charge in [-0.25, -0.2) is 0 Å². The number of hydrogen-bond acceptors (Lipinski definition) is 2. The molecule has 1 amide bonds. The van der Waals surface area contributed by atoms with E-state index in [1.54, 1.807) is 12.1 Å². The lowest BCUT2D eigenvalue weighted by Crippen LogP contribution is -2.06. The van der Waals surface area contributed by atoms with E-state index in [2.05, 4.69) is 21.2 Å². The number of ether oxygens (including phenoxy) is 1. The molecule has 0 heterocycles. The zero-order valence-corrected chi connectivity index (χ0v) is 10.1. The van der Waals surface area contributed by atoms with Gasteiger partial charge in [0.15, 0.2) is 0 Å². The molecule has 0 bridgehead atoms. The van der Waals surface area contributed by atoms with Crippen LogP contribution in [0.5, 0.6) is 5.75 Å². The molecular formula is C9H9BrClNO2. The highest BCUT2D eigenvalue weighted by molar-refractivity contribution is 9.10. The van der Waals surface area contributed by atoms with Crippen LogP contribution in [0.25, 0.3) is 0 Å². The van der Waals surface area contributed by atoms with Crippen molar-refractivity contribution in [2.45, 2.75) is 6.92 Å². The van der Waals surface area contributed by atoms with Crippen LogP contribution in [0, 0.1) is 0 Å². The smallest absolute Gasteiger partial charge is 0.221 e. The lowest BCUT2D eigenvalue weighted by atomic mass is 10.3. The van der Waals surface area contributed by atoms with E-state index >= 15 is 0 Å². The van der Waals surface area contributed by atoms with Crippen LogP contribution < -0.4 is 10.1 Å². The van der Waals surface area contributed by atoms with Crippen molar-refractivity contribution in [3.05, 3.63) is 21.6 Å². The van der Waals surface area contributed by atoms with Gasteiger partial charge in [0.25, 0.3) is 0 Å². The van der Waals surface area contributed by atoms with Gasteiger partial charge in [0.2, 0.25) is 5.91 Å². The zero-order chi connectivity index (χ0) is 10.7. The molecule has 5 heteroatoms. The van der Waals surface area contributed by atoms with Crippen molar-refractivity contribution in [1.82, 2.24) is 0 Å². The SMILES string of the molecule is COc1cc(Br)c(NC(C)=O)cc1Cl. The van der Waals surface area contributed by atoms with E-state index in [1.807, 2.05) is 0 Å². The van der Waals surface area contributed by atoms with Crippen LogP contribution in [0.2, 0.25) is 5.02 Å². The van der Waals surface area contributed by atoms with Crippen molar-refractivity contribution >= 4 is 39.1 Å². The number of carbonyl (C=O) groups excluding carboxylic acids is 1. The van der Waals surface area contributed by atoms with E-state index in [4.69, 9.17) is 16.3 Å². The van der Waals surface area contributed by atoms with Crippen LogP contribution in [-0.4, -0.2) is 13.0 Å². The second-order valence-corrected chi connectivity index (χ2v) is 3.91. The van der Waals surface area contributed by atoms with E-state index in [0.29, 0.717) is 16.5 Å². The second kappa shape index (κ2) is 4.66. The molecule has 1 N–H and O–H groups in total. The number of nitrogens with one attached hydrogen (secondary N) is 1. The molecule has 0 aliphatic carbocycles. The van der Waals surface area contributed by atoms with Crippen molar-refractivity contribution in [1.29, 1.82) is 0 Å². The van der Waals surface area contributed by atoms with Crippen molar-refractivity contribution in [2.75, 3.05) is 12.4 Å². The molecule has 0 saturated carbocycles. The monoisotopic (exact) mass is 277 g/mol. The van der Waals surface area contributed by atoms with Gasteiger partial charge in [0, 0.05) is 11.4 Å².